The summed E-state index contributed by atoms with van der Waals surface area (Å²) in [7, 11) is 1.62. The molecule has 7 heteroatoms. The predicted molar refractivity (Wildman–Crippen MR) is 116 cm³/mol. The molecule has 6 nitrogen and oxygen atoms in total. The van der Waals surface area contributed by atoms with Crippen LogP contribution in [0.5, 0.6) is 11.5 Å². The highest BCUT2D eigenvalue weighted by Crippen LogP contribution is 2.28. The van der Waals surface area contributed by atoms with Crippen LogP contribution in [-0.2, 0) is 23.3 Å². The summed E-state index contributed by atoms with van der Waals surface area (Å²) < 4.78 is 11.2. The lowest BCUT2D eigenvalue weighted by Crippen LogP contribution is -2.32. The Labute approximate surface area is 177 Å². The van der Waals surface area contributed by atoms with Crippen molar-refractivity contribution in [1.82, 2.24) is 15.2 Å². The summed E-state index contributed by atoms with van der Waals surface area (Å²) in [5, 5.41) is 6.70. The third-order valence-corrected chi connectivity index (χ3v) is 6.18. The molecule has 1 fully saturated rings. The highest BCUT2D eigenvalue weighted by Gasteiger charge is 2.19. The number of hydrogen-bond donors (Lipinski definition) is 1. The molecular weight excluding hydrogens is 386 g/mol. The number of nitrogens with zero attached hydrogens (tertiary/aromatic N) is 2. The Morgan fingerprint density at radius 1 is 1.21 bits per heavy atom. The molecule has 0 saturated carbocycles. The first-order chi connectivity index (χ1) is 13.9. The molecule has 2 aromatic rings. The maximum absolute atomic E-state index is 12.2. The number of nitrogens with one attached hydrogen (secondary N) is 1. The van der Waals surface area contributed by atoms with Gasteiger partial charge in [0.2, 0.25) is 0 Å². The molecule has 0 atom stereocenters. The number of likely N-dealkylation sites (tertiary alicyclic amines) is 1. The SMILES string of the molecule is COc1cc(CNCc2csc(C(C)(C)C)n2)ccc1OCC(=O)N1CCCC1. The molecule has 1 aromatic heterocycles. The Bertz CT molecular complexity index is 823. The van der Waals surface area contributed by atoms with E-state index in [1.165, 1.54) is 0 Å². The Balaban J connectivity index is 1.51. The highest BCUT2D eigenvalue weighted by atomic mass is 32.1. The number of methoxy groups -OCH3 is 1. The summed E-state index contributed by atoms with van der Waals surface area (Å²) in [6.45, 7) is 9.67. The van der Waals surface area contributed by atoms with E-state index in [-0.39, 0.29) is 17.9 Å². The molecular formula is C22H31N3O3S. The van der Waals surface area contributed by atoms with E-state index in [0.717, 1.165) is 48.7 Å². The van der Waals surface area contributed by atoms with Crippen molar-refractivity contribution in [3.8, 4) is 11.5 Å². The van der Waals surface area contributed by atoms with E-state index >= 15 is 0 Å². The van der Waals surface area contributed by atoms with Gasteiger partial charge in [0.05, 0.1) is 17.8 Å². The number of ether oxygens (including phenoxy) is 2. The molecule has 1 amide bonds. The van der Waals surface area contributed by atoms with Gasteiger partial charge in [0, 0.05) is 37.0 Å². The summed E-state index contributed by atoms with van der Waals surface area (Å²) in [5.41, 5.74) is 2.24. The molecule has 3 rings (SSSR count). The minimum atomic E-state index is 0.0354. The molecule has 29 heavy (non-hydrogen) atoms. The van der Waals surface area contributed by atoms with Crippen molar-refractivity contribution in [3.63, 3.8) is 0 Å². The largest absolute Gasteiger partial charge is 0.493 e. The molecule has 0 radical (unpaired) electrons. The molecule has 0 unspecified atom stereocenters. The van der Waals surface area contributed by atoms with Gasteiger partial charge in [-0.1, -0.05) is 26.8 Å². The summed E-state index contributed by atoms with van der Waals surface area (Å²) >= 11 is 1.71. The second-order valence-corrected chi connectivity index (χ2v) is 9.22. The van der Waals surface area contributed by atoms with Gasteiger partial charge in [-0.05, 0) is 30.5 Å². The van der Waals surface area contributed by atoms with Gasteiger partial charge in [0.15, 0.2) is 18.1 Å². The first-order valence-electron chi connectivity index (χ1n) is 10.1. The van der Waals surface area contributed by atoms with Crippen molar-refractivity contribution in [2.24, 2.45) is 0 Å². The van der Waals surface area contributed by atoms with Crippen molar-refractivity contribution in [2.75, 3.05) is 26.8 Å². The van der Waals surface area contributed by atoms with Gasteiger partial charge >= 0.3 is 0 Å². The van der Waals surface area contributed by atoms with Crippen molar-refractivity contribution in [1.29, 1.82) is 0 Å². The molecule has 0 aliphatic carbocycles. The van der Waals surface area contributed by atoms with E-state index in [0.29, 0.717) is 18.0 Å². The Kier molecular flexibility index (Phi) is 7.14. The molecule has 158 valence electrons. The maximum Gasteiger partial charge on any atom is 0.260 e. The van der Waals surface area contributed by atoms with Gasteiger partial charge in [-0.15, -0.1) is 11.3 Å². The molecule has 0 spiro atoms. The Hall–Kier alpha value is -2.12. The van der Waals surface area contributed by atoms with Crippen molar-refractivity contribution >= 4 is 17.2 Å². The normalized spacial score (nSPS) is 14.3. The molecule has 1 aliphatic rings. The van der Waals surface area contributed by atoms with Crippen LogP contribution < -0.4 is 14.8 Å². The van der Waals surface area contributed by atoms with Crippen LogP contribution in [0, 0.1) is 0 Å². The van der Waals surface area contributed by atoms with Crippen LogP contribution in [-0.4, -0.2) is 42.6 Å². The van der Waals surface area contributed by atoms with Gasteiger partial charge < -0.3 is 19.7 Å². The van der Waals surface area contributed by atoms with Crippen LogP contribution in [0.4, 0.5) is 0 Å². The fourth-order valence-electron chi connectivity index (χ4n) is 3.21. The number of benzene rings is 1. The van der Waals surface area contributed by atoms with E-state index in [1.54, 1.807) is 18.4 Å². The third kappa shape index (κ3) is 5.93. The average molecular weight is 418 g/mol. The van der Waals surface area contributed by atoms with E-state index < -0.39 is 0 Å². The number of carbonyl (C=O) groups excluding carboxylic acids is 1. The predicted octanol–water partition coefficient (Wildman–Crippen LogP) is 3.74. The molecule has 1 saturated heterocycles. The number of carbonyl (C=O) groups is 1. The van der Waals surface area contributed by atoms with Crippen LogP contribution >= 0.6 is 11.3 Å². The van der Waals surface area contributed by atoms with E-state index in [2.05, 4.69) is 31.5 Å². The number of rotatable bonds is 8. The van der Waals surface area contributed by atoms with Crippen molar-refractivity contribution in [2.45, 2.75) is 52.1 Å². The van der Waals surface area contributed by atoms with E-state index in [9.17, 15) is 4.79 Å². The van der Waals surface area contributed by atoms with Gasteiger partial charge in [0.1, 0.15) is 0 Å². The summed E-state index contributed by atoms with van der Waals surface area (Å²) in [4.78, 5) is 18.7. The van der Waals surface area contributed by atoms with Gasteiger partial charge in [-0.2, -0.15) is 0 Å². The van der Waals surface area contributed by atoms with Gasteiger partial charge in [-0.25, -0.2) is 4.98 Å². The lowest BCUT2D eigenvalue weighted by Gasteiger charge is -2.17. The highest BCUT2D eigenvalue weighted by molar-refractivity contribution is 7.09. The lowest BCUT2D eigenvalue weighted by molar-refractivity contribution is -0.132. The summed E-state index contributed by atoms with van der Waals surface area (Å²) in [5.74, 6) is 1.27. The maximum atomic E-state index is 12.2. The number of hydrogen-bond acceptors (Lipinski definition) is 6. The van der Waals surface area contributed by atoms with Crippen molar-refractivity contribution in [3.05, 3.63) is 39.8 Å². The number of amides is 1. The molecule has 1 aromatic carbocycles. The topological polar surface area (TPSA) is 63.7 Å². The lowest BCUT2D eigenvalue weighted by atomic mass is 9.98. The Morgan fingerprint density at radius 2 is 1.97 bits per heavy atom. The first-order valence-corrected chi connectivity index (χ1v) is 11.0. The second-order valence-electron chi connectivity index (χ2n) is 8.36. The molecule has 2 heterocycles. The molecule has 1 N–H and O–H groups in total. The van der Waals surface area contributed by atoms with Crippen LogP contribution in [0.15, 0.2) is 23.6 Å². The molecule has 0 bridgehead atoms. The summed E-state index contributed by atoms with van der Waals surface area (Å²) in [6, 6.07) is 5.81. The first kappa shape index (κ1) is 21.6. The monoisotopic (exact) mass is 417 g/mol. The second kappa shape index (κ2) is 9.59. The Morgan fingerprint density at radius 3 is 2.62 bits per heavy atom. The van der Waals surface area contributed by atoms with Crippen LogP contribution in [0.2, 0.25) is 0 Å². The minimum Gasteiger partial charge on any atom is -0.493 e. The number of thiazole rings is 1. The van der Waals surface area contributed by atoms with E-state index in [4.69, 9.17) is 14.5 Å². The van der Waals surface area contributed by atoms with Crippen molar-refractivity contribution < 1.29 is 14.3 Å². The standard InChI is InChI=1S/C22H31N3O3S/c1-22(2,3)21-24-17(15-29-21)13-23-12-16-7-8-18(19(11-16)27-4)28-14-20(26)25-9-5-6-10-25/h7-8,11,15,23H,5-6,9-10,12-14H2,1-4H3. The van der Waals surface area contributed by atoms with Crippen LogP contribution in [0.1, 0.15) is 49.9 Å². The van der Waals surface area contributed by atoms with Gasteiger partial charge in [-0.3, -0.25) is 4.79 Å². The fourth-order valence-corrected chi connectivity index (χ4v) is 4.11. The minimum absolute atomic E-state index is 0.0354. The number of aromatic nitrogens is 1. The van der Waals surface area contributed by atoms with Crippen LogP contribution in [0.3, 0.4) is 0 Å². The van der Waals surface area contributed by atoms with Gasteiger partial charge in [0.25, 0.3) is 5.91 Å². The zero-order chi connectivity index (χ0) is 20.9. The molecule has 1 aliphatic heterocycles. The fraction of sp³-hybridized carbons (Fsp3) is 0.545. The zero-order valence-corrected chi connectivity index (χ0v) is 18.6. The summed E-state index contributed by atoms with van der Waals surface area (Å²) in [6.07, 6.45) is 2.16. The quantitative estimate of drug-likeness (QED) is 0.709. The average Bonchev–Trinajstić information content (AvgIpc) is 3.38. The third-order valence-electron chi connectivity index (χ3n) is 4.87. The van der Waals surface area contributed by atoms with E-state index in [1.807, 2.05) is 23.1 Å². The zero-order valence-electron chi connectivity index (χ0n) is 17.8. The smallest absolute Gasteiger partial charge is 0.260 e. The van der Waals surface area contributed by atoms with Crippen LogP contribution in [0.25, 0.3) is 0 Å².